The Hall–Kier alpha value is -9.64. The van der Waals surface area contributed by atoms with Gasteiger partial charge in [-0.2, -0.15) is 0 Å². The second-order valence-corrected chi connectivity index (χ2v) is 26.2. The lowest BCUT2D eigenvalue weighted by atomic mass is 9.78. The minimum absolute atomic E-state index is 0.282. The Morgan fingerprint density at radius 3 is 1.02 bits per heavy atom. The Kier molecular flexibility index (Phi) is 10.1. The van der Waals surface area contributed by atoms with Gasteiger partial charge < -0.3 is 18.6 Å². The van der Waals surface area contributed by atoms with E-state index in [1.54, 1.807) is 0 Å². The van der Waals surface area contributed by atoms with Crippen molar-refractivity contribution in [3.8, 4) is 33.4 Å². The van der Waals surface area contributed by atoms with Crippen LogP contribution in [-0.2, 0) is 16.2 Å². The van der Waals surface area contributed by atoms with Crippen molar-refractivity contribution in [3.63, 3.8) is 0 Å². The highest BCUT2D eigenvalue weighted by atomic mass is 16.3. The maximum Gasteiger partial charge on any atom is 0.159 e. The Balaban J connectivity index is 0.840. The largest absolute Gasteiger partial charge is 0.454 e. The van der Waals surface area contributed by atoms with Crippen molar-refractivity contribution in [2.75, 3.05) is 9.80 Å². The zero-order valence-electron chi connectivity index (χ0n) is 49.8. The lowest BCUT2D eigenvalue weighted by molar-refractivity contribution is 0.649. The first-order valence-electron chi connectivity index (χ1n) is 30.1. The van der Waals surface area contributed by atoms with E-state index in [4.69, 9.17) is 8.83 Å². The van der Waals surface area contributed by atoms with Crippen LogP contribution >= 0.6 is 0 Å². The van der Waals surface area contributed by atoms with Crippen LogP contribution in [0.25, 0.3) is 98.8 Å². The fourth-order valence-electron chi connectivity index (χ4n) is 15.9. The van der Waals surface area contributed by atoms with Gasteiger partial charge in [-0.25, -0.2) is 0 Å². The van der Waals surface area contributed by atoms with E-state index < -0.39 is 0 Å². The normalized spacial score (nSPS) is 14.8. The Morgan fingerprint density at radius 2 is 0.612 bits per heavy atom. The Bertz CT molecular complexity index is 4960. The molecule has 85 heavy (non-hydrogen) atoms. The summed E-state index contributed by atoms with van der Waals surface area (Å²) in [6.07, 6.45) is 0. The summed E-state index contributed by atoms with van der Waals surface area (Å²) >= 11 is 0. The molecule has 0 bridgehead atoms. The summed E-state index contributed by atoms with van der Waals surface area (Å²) in [6, 6.07) is 77.4. The van der Waals surface area contributed by atoms with Crippen molar-refractivity contribution in [3.05, 3.63) is 262 Å². The highest BCUT2D eigenvalue weighted by molar-refractivity contribution is 6.17. The summed E-state index contributed by atoms with van der Waals surface area (Å²) in [5.41, 5.74) is 30.3. The zero-order valence-corrected chi connectivity index (χ0v) is 49.8. The molecule has 0 saturated heterocycles. The van der Waals surface area contributed by atoms with Gasteiger partial charge in [0.25, 0.3) is 0 Å². The Labute approximate surface area is 496 Å². The molecule has 2 aromatic heterocycles. The first-order chi connectivity index (χ1) is 41.1. The van der Waals surface area contributed by atoms with Crippen LogP contribution < -0.4 is 9.80 Å². The fraction of sp³-hybridized carbons (Fsp3) is 0.160. The lowest BCUT2D eigenvalue weighted by Gasteiger charge is -2.31. The minimum Gasteiger partial charge on any atom is -0.454 e. The average Bonchev–Trinajstić information content (AvgIpc) is 1.59. The number of hydrogen-bond donors (Lipinski definition) is 0. The summed E-state index contributed by atoms with van der Waals surface area (Å²) < 4.78 is 13.7. The molecule has 0 saturated carbocycles. The van der Waals surface area contributed by atoms with Gasteiger partial charge in [-0.15, -0.1) is 0 Å². The number of hydrogen-bond acceptors (Lipinski definition) is 4. The van der Waals surface area contributed by atoms with Crippen molar-refractivity contribution in [1.29, 1.82) is 0 Å². The second-order valence-electron chi connectivity index (χ2n) is 26.2. The van der Waals surface area contributed by atoms with E-state index in [0.29, 0.717) is 0 Å². The molecule has 3 aliphatic carbocycles. The van der Waals surface area contributed by atoms with Crippen molar-refractivity contribution in [2.24, 2.45) is 0 Å². The molecule has 410 valence electrons. The summed E-state index contributed by atoms with van der Waals surface area (Å²) in [4.78, 5) is 4.96. The molecule has 0 unspecified atom stereocenters. The van der Waals surface area contributed by atoms with E-state index in [9.17, 15) is 0 Å². The van der Waals surface area contributed by atoms with Gasteiger partial charge in [-0.3, -0.25) is 0 Å². The molecule has 0 radical (unpaired) electrons. The molecule has 17 rings (SSSR count). The number of anilines is 6. The molecule has 14 aromatic rings. The third-order valence-corrected chi connectivity index (χ3v) is 20.1. The number of fused-ring (bicyclic) bond motifs is 19. The molecule has 4 nitrogen and oxygen atoms in total. The number of nitrogens with zero attached hydrogens (tertiary/aromatic N) is 2. The van der Waals surface area contributed by atoms with Gasteiger partial charge in [-0.05, 0) is 189 Å². The zero-order chi connectivity index (χ0) is 57.7. The van der Waals surface area contributed by atoms with E-state index in [-0.39, 0.29) is 16.2 Å². The molecule has 0 atom stereocenters. The van der Waals surface area contributed by atoms with Crippen molar-refractivity contribution in [1.82, 2.24) is 0 Å². The third kappa shape index (κ3) is 6.74. The number of benzene rings is 12. The van der Waals surface area contributed by atoms with E-state index in [2.05, 4.69) is 285 Å². The molecule has 3 aliphatic rings. The van der Waals surface area contributed by atoms with E-state index >= 15 is 0 Å². The Morgan fingerprint density at radius 1 is 0.271 bits per heavy atom. The summed E-state index contributed by atoms with van der Waals surface area (Å²) in [7, 11) is 0. The average molecular weight is 1100 g/mol. The SMILES string of the molecule is Cc1ccc(N(c2cc3c(c4ccccc24)-c2cc4c(cc2C3(C)C)-c2cc3c(cc2C4(C)C)-c2c(cc(N(c4ccc(C)cc4C)c4cccc5c4oc4ccccc45)c4ccccc24)C3(C)C)c2cccc3c2oc2ccccc23)c(C)c1. The summed E-state index contributed by atoms with van der Waals surface area (Å²) in [6.45, 7) is 23.6. The van der Waals surface area contributed by atoms with Crippen LogP contribution in [0, 0.1) is 27.7 Å². The lowest BCUT2D eigenvalue weighted by Crippen LogP contribution is -2.18. The monoisotopic (exact) mass is 1100 g/mol. The van der Waals surface area contributed by atoms with Crippen LogP contribution in [0.5, 0.6) is 0 Å². The highest BCUT2D eigenvalue weighted by Crippen LogP contribution is 2.63. The maximum absolute atomic E-state index is 6.87. The first kappa shape index (κ1) is 49.9. The molecular weight excluding hydrogens is 1030 g/mol. The van der Waals surface area contributed by atoms with Gasteiger partial charge in [0.1, 0.15) is 11.2 Å². The minimum atomic E-state index is -0.333. The number of aryl methyl sites for hydroxylation is 4. The molecule has 0 aliphatic heterocycles. The summed E-state index contributed by atoms with van der Waals surface area (Å²) in [5.74, 6) is 0. The van der Waals surface area contributed by atoms with Gasteiger partial charge in [0.15, 0.2) is 11.2 Å². The standard InChI is InChI=1S/C81H64N2O2/c1-45-33-35-67(47(3)37-45)82(69-29-19-27-55-51-23-15-17-31-73(51)84-77(55)69)71-43-65-75(53-25-13-11-21-49(53)71)59-41-61-57(39-63(59)80(65,7)8)58-40-64-60(42-62(58)79(61,5)6)76-54-26-14-12-22-50(54)72(44-66(76)81(64,9)10)83(68-36-34-46(2)38-48(68)4)70-30-20-28-56-52-24-16-18-32-74(52)85-78(56)70/h11-44H,1-10H3. The maximum atomic E-state index is 6.87. The quantitative estimate of drug-likeness (QED) is 0.166. The van der Waals surface area contributed by atoms with Crippen LogP contribution in [0.15, 0.2) is 215 Å². The van der Waals surface area contributed by atoms with Crippen LogP contribution in [0.1, 0.15) is 97.2 Å². The molecule has 2 heterocycles. The van der Waals surface area contributed by atoms with Gasteiger partial charge in [0.05, 0.1) is 22.7 Å². The number of rotatable bonds is 6. The first-order valence-corrected chi connectivity index (χ1v) is 30.1. The second kappa shape index (κ2) is 17.2. The number of para-hydroxylation sites is 4. The van der Waals surface area contributed by atoms with Crippen molar-refractivity contribution >= 4 is 99.5 Å². The van der Waals surface area contributed by atoms with Gasteiger partial charge in [0.2, 0.25) is 0 Å². The topological polar surface area (TPSA) is 32.8 Å². The van der Waals surface area contributed by atoms with E-state index in [0.717, 1.165) is 78.0 Å². The highest BCUT2D eigenvalue weighted by Gasteiger charge is 2.46. The van der Waals surface area contributed by atoms with E-state index in [1.165, 1.54) is 111 Å². The smallest absolute Gasteiger partial charge is 0.159 e. The van der Waals surface area contributed by atoms with Crippen LogP contribution in [0.3, 0.4) is 0 Å². The van der Waals surface area contributed by atoms with Gasteiger partial charge in [0, 0.05) is 59.9 Å². The summed E-state index contributed by atoms with van der Waals surface area (Å²) in [5, 5.41) is 9.40. The molecule has 12 aromatic carbocycles. The third-order valence-electron chi connectivity index (χ3n) is 20.1. The molecule has 0 N–H and O–H groups in total. The molecule has 4 heteroatoms. The molecular formula is C81H64N2O2. The van der Waals surface area contributed by atoms with E-state index in [1.807, 2.05) is 0 Å². The van der Waals surface area contributed by atoms with Crippen LogP contribution in [0.4, 0.5) is 34.1 Å². The van der Waals surface area contributed by atoms with Crippen LogP contribution in [0.2, 0.25) is 0 Å². The number of furan rings is 2. The predicted molar refractivity (Wildman–Crippen MR) is 357 cm³/mol. The fourth-order valence-corrected chi connectivity index (χ4v) is 15.9. The van der Waals surface area contributed by atoms with Crippen molar-refractivity contribution < 1.29 is 8.83 Å². The molecule has 0 spiro atoms. The molecule has 0 fully saturated rings. The van der Waals surface area contributed by atoms with Gasteiger partial charge in [-0.1, -0.05) is 186 Å². The predicted octanol–water partition coefficient (Wildman–Crippen LogP) is 22.9. The van der Waals surface area contributed by atoms with Crippen molar-refractivity contribution in [2.45, 2.75) is 85.5 Å². The van der Waals surface area contributed by atoms with Gasteiger partial charge >= 0.3 is 0 Å². The van der Waals surface area contributed by atoms with Crippen LogP contribution in [-0.4, -0.2) is 0 Å². The molecule has 0 amide bonds.